The van der Waals surface area contributed by atoms with Gasteiger partial charge in [-0.15, -0.1) is 0 Å². The zero-order valence-electron chi connectivity index (χ0n) is 13.8. The molecule has 1 aromatic carbocycles. The molecule has 2 unspecified atom stereocenters. The van der Waals surface area contributed by atoms with Crippen LogP contribution in [0.2, 0.25) is 0 Å². The van der Waals surface area contributed by atoms with Gasteiger partial charge < -0.3 is 10.1 Å². The number of benzene rings is 1. The number of nitrogens with one attached hydrogen (secondary N) is 1. The lowest BCUT2D eigenvalue weighted by molar-refractivity contribution is 0.105. The van der Waals surface area contributed by atoms with Gasteiger partial charge in [0, 0.05) is 25.7 Å². The Bertz CT molecular complexity index is 421. The quantitative estimate of drug-likeness (QED) is 0.834. The van der Waals surface area contributed by atoms with Crippen molar-refractivity contribution < 1.29 is 4.74 Å². The van der Waals surface area contributed by atoms with E-state index in [9.17, 15) is 0 Å². The van der Waals surface area contributed by atoms with Crippen LogP contribution in [0.25, 0.3) is 0 Å². The molecule has 118 valence electrons. The van der Waals surface area contributed by atoms with Crippen molar-refractivity contribution in [2.45, 2.75) is 46.2 Å². The zero-order valence-corrected chi connectivity index (χ0v) is 13.8. The van der Waals surface area contributed by atoms with Gasteiger partial charge in [0.25, 0.3) is 0 Å². The van der Waals surface area contributed by atoms with Crippen LogP contribution in [0.4, 0.5) is 0 Å². The Kier molecular flexibility index (Phi) is 6.52. The van der Waals surface area contributed by atoms with Crippen molar-refractivity contribution in [1.29, 1.82) is 0 Å². The lowest BCUT2D eigenvalue weighted by atomic mass is 9.95. The fraction of sp³-hybridized carbons (Fsp3) is 0.667. The molecular weight excluding hydrogens is 260 g/mol. The fourth-order valence-corrected chi connectivity index (χ4v) is 2.99. The first kappa shape index (κ1) is 16.3. The minimum atomic E-state index is 0.699. The molecule has 0 aliphatic carbocycles. The molecule has 1 aliphatic heterocycles. The van der Waals surface area contributed by atoms with Crippen LogP contribution in [0.5, 0.6) is 5.75 Å². The first-order valence-corrected chi connectivity index (χ1v) is 8.35. The Morgan fingerprint density at radius 1 is 1.29 bits per heavy atom. The molecule has 0 radical (unpaired) electrons. The number of hydrogen-bond donors (Lipinski definition) is 1. The van der Waals surface area contributed by atoms with Crippen LogP contribution < -0.4 is 10.1 Å². The van der Waals surface area contributed by atoms with Crippen molar-refractivity contribution >= 4 is 0 Å². The van der Waals surface area contributed by atoms with Crippen molar-refractivity contribution in [3.63, 3.8) is 0 Å². The van der Waals surface area contributed by atoms with Gasteiger partial charge in [0.05, 0.1) is 0 Å². The summed E-state index contributed by atoms with van der Waals surface area (Å²) in [5.41, 5.74) is 1.29. The second-order valence-electron chi connectivity index (χ2n) is 6.30. The summed E-state index contributed by atoms with van der Waals surface area (Å²) in [5.74, 6) is 1.81. The first-order valence-electron chi connectivity index (χ1n) is 8.35. The number of likely N-dealkylation sites (tertiary alicyclic amines) is 1. The molecule has 0 saturated carbocycles. The normalized spacial score (nSPS) is 23.2. The van der Waals surface area contributed by atoms with Crippen LogP contribution in [-0.2, 0) is 6.54 Å². The third kappa shape index (κ3) is 5.33. The Hall–Kier alpha value is -1.06. The molecule has 2 atom stereocenters. The Morgan fingerprint density at radius 3 is 2.95 bits per heavy atom. The Labute approximate surface area is 129 Å². The number of ether oxygens (including phenoxy) is 1. The standard InChI is InChI=1S/C18H30N2O/c1-4-19-13-17-6-5-7-18(12-17)21-11-10-20-14-15(2)8-9-16(20)3/h5-7,12,15-16,19H,4,8-11,13-14H2,1-3H3. The van der Waals surface area contributed by atoms with Crippen molar-refractivity contribution in [2.24, 2.45) is 5.92 Å². The van der Waals surface area contributed by atoms with Crippen molar-refractivity contribution in [3.05, 3.63) is 29.8 Å². The lowest BCUT2D eigenvalue weighted by Gasteiger charge is -2.36. The highest BCUT2D eigenvalue weighted by Crippen LogP contribution is 2.21. The molecule has 1 aliphatic rings. The average Bonchev–Trinajstić information content (AvgIpc) is 2.49. The number of nitrogens with zero attached hydrogens (tertiary/aromatic N) is 1. The van der Waals surface area contributed by atoms with Crippen LogP contribution >= 0.6 is 0 Å². The van der Waals surface area contributed by atoms with Crippen LogP contribution in [0.1, 0.15) is 39.2 Å². The largest absolute Gasteiger partial charge is 0.492 e. The van der Waals surface area contributed by atoms with E-state index in [0.29, 0.717) is 6.04 Å². The summed E-state index contributed by atoms with van der Waals surface area (Å²) in [7, 11) is 0. The fourth-order valence-electron chi connectivity index (χ4n) is 2.99. The number of hydrogen-bond acceptors (Lipinski definition) is 3. The van der Waals surface area contributed by atoms with E-state index in [1.807, 2.05) is 0 Å². The van der Waals surface area contributed by atoms with Crippen LogP contribution in [0.3, 0.4) is 0 Å². The molecule has 21 heavy (non-hydrogen) atoms. The van der Waals surface area contributed by atoms with Gasteiger partial charge in [-0.3, -0.25) is 4.90 Å². The van der Waals surface area contributed by atoms with E-state index in [2.05, 4.69) is 55.3 Å². The van der Waals surface area contributed by atoms with Crippen LogP contribution in [0.15, 0.2) is 24.3 Å². The summed E-state index contributed by atoms with van der Waals surface area (Å²) >= 11 is 0. The maximum absolute atomic E-state index is 5.94. The van der Waals surface area contributed by atoms with E-state index in [0.717, 1.165) is 37.9 Å². The molecule has 0 amide bonds. The van der Waals surface area contributed by atoms with E-state index in [4.69, 9.17) is 4.74 Å². The summed E-state index contributed by atoms with van der Waals surface area (Å²) in [6.07, 6.45) is 2.68. The second kappa shape index (κ2) is 8.40. The molecule has 2 rings (SSSR count). The van der Waals surface area contributed by atoms with Gasteiger partial charge in [-0.05, 0) is 49.9 Å². The lowest BCUT2D eigenvalue weighted by Crippen LogP contribution is -2.43. The van der Waals surface area contributed by atoms with Gasteiger partial charge >= 0.3 is 0 Å². The average molecular weight is 290 g/mol. The summed E-state index contributed by atoms with van der Waals surface area (Å²) in [5, 5.41) is 3.35. The maximum atomic E-state index is 5.94. The van der Waals surface area contributed by atoms with Crippen molar-refractivity contribution in [3.8, 4) is 5.75 Å². The van der Waals surface area contributed by atoms with Gasteiger partial charge in [-0.1, -0.05) is 26.0 Å². The highest BCUT2D eigenvalue weighted by molar-refractivity contribution is 5.28. The predicted octanol–water partition coefficient (Wildman–Crippen LogP) is 3.30. The zero-order chi connectivity index (χ0) is 15.1. The van der Waals surface area contributed by atoms with Gasteiger partial charge in [0.15, 0.2) is 0 Å². The van der Waals surface area contributed by atoms with Gasteiger partial charge in [-0.25, -0.2) is 0 Å². The number of piperidine rings is 1. The highest BCUT2D eigenvalue weighted by Gasteiger charge is 2.22. The third-order valence-corrected chi connectivity index (χ3v) is 4.37. The minimum absolute atomic E-state index is 0.699. The van der Waals surface area contributed by atoms with Gasteiger partial charge in [-0.2, -0.15) is 0 Å². The topological polar surface area (TPSA) is 24.5 Å². The van der Waals surface area contributed by atoms with E-state index in [1.54, 1.807) is 0 Å². The summed E-state index contributed by atoms with van der Waals surface area (Å²) in [6, 6.07) is 9.12. The minimum Gasteiger partial charge on any atom is -0.492 e. The summed E-state index contributed by atoms with van der Waals surface area (Å²) in [4.78, 5) is 2.57. The Balaban J connectivity index is 1.77. The monoisotopic (exact) mass is 290 g/mol. The Morgan fingerprint density at radius 2 is 2.14 bits per heavy atom. The molecular formula is C18H30N2O. The second-order valence-corrected chi connectivity index (χ2v) is 6.30. The van der Waals surface area contributed by atoms with Crippen molar-refractivity contribution in [2.75, 3.05) is 26.2 Å². The van der Waals surface area contributed by atoms with Crippen LogP contribution in [-0.4, -0.2) is 37.2 Å². The smallest absolute Gasteiger partial charge is 0.119 e. The summed E-state index contributed by atoms with van der Waals surface area (Å²) < 4.78 is 5.94. The highest BCUT2D eigenvalue weighted by atomic mass is 16.5. The molecule has 1 fully saturated rings. The maximum Gasteiger partial charge on any atom is 0.119 e. The van der Waals surface area contributed by atoms with E-state index in [1.165, 1.54) is 24.9 Å². The first-order chi connectivity index (χ1) is 10.2. The number of rotatable bonds is 7. The third-order valence-electron chi connectivity index (χ3n) is 4.37. The molecule has 1 N–H and O–H groups in total. The van der Waals surface area contributed by atoms with E-state index in [-0.39, 0.29) is 0 Å². The molecule has 1 heterocycles. The SMILES string of the molecule is CCNCc1cccc(OCCN2CC(C)CCC2C)c1. The predicted molar refractivity (Wildman–Crippen MR) is 88.8 cm³/mol. The molecule has 0 spiro atoms. The molecule has 0 aromatic heterocycles. The molecule has 1 saturated heterocycles. The van der Waals surface area contributed by atoms with Gasteiger partial charge in [0.2, 0.25) is 0 Å². The van der Waals surface area contributed by atoms with Crippen molar-refractivity contribution in [1.82, 2.24) is 10.2 Å². The molecule has 3 heteroatoms. The molecule has 1 aromatic rings. The van der Waals surface area contributed by atoms with E-state index < -0.39 is 0 Å². The summed E-state index contributed by atoms with van der Waals surface area (Å²) in [6.45, 7) is 11.7. The molecule has 0 bridgehead atoms. The van der Waals surface area contributed by atoms with Gasteiger partial charge in [0.1, 0.15) is 12.4 Å². The molecule has 3 nitrogen and oxygen atoms in total. The van der Waals surface area contributed by atoms with E-state index >= 15 is 0 Å². The van der Waals surface area contributed by atoms with Crippen LogP contribution in [0, 0.1) is 5.92 Å².